The standard InChI is InChI=1S/C20H25BrN2O4S/c1-4-23(5-2)28(25,26)19-12-6-16(7-13-19)20(24)22(3)14-15-27-18-10-8-17(21)9-11-18/h6-13H,4-5,14-15H2,1-3H3. The molecule has 0 radical (unpaired) electrons. The normalized spacial score (nSPS) is 11.5. The zero-order chi connectivity index (χ0) is 20.7. The Morgan fingerprint density at radius 1 is 1.00 bits per heavy atom. The van der Waals surface area contributed by atoms with Gasteiger partial charge in [-0.25, -0.2) is 8.42 Å². The van der Waals surface area contributed by atoms with Crippen LogP contribution in [0.1, 0.15) is 24.2 Å². The monoisotopic (exact) mass is 468 g/mol. The van der Waals surface area contributed by atoms with Gasteiger partial charge in [0.05, 0.1) is 11.4 Å². The lowest BCUT2D eigenvalue weighted by Gasteiger charge is -2.19. The van der Waals surface area contributed by atoms with Crippen molar-refractivity contribution in [2.75, 3.05) is 33.3 Å². The molecule has 0 aromatic heterocycles. The Labute approximate surface area is 175 Å². The summed E-state index contributed by atoms with van der Waals surface area (Å²) in [6.07, 6.45) is 0. The average Bonchev–Trinajstić information content (AvgIpc) is 2.69. The maximum absolute atomic E-state index is 12.5. The van der Waals surface area contributed by atoms with Crippen LogP contribution in [0.2, 0.25) is 0 Å². The van der Waals surface area contributed by atoms with Gasteiger partial charge in [-0.3, -0.25) is 4.79 Å². The predicted octanol–water partition coefficient (Wildman–Crippen LogP) is 3.63. The van der Waals surface area contributed by atoms with Gasteiger partial charge >= 0.3 is 0 Å². The van der Waals surface area contributed by atoms with E-state index in [0.717, 1.165) is 10.2 Å². The van der Waals surface area contributed by atoms with Crippen molar-refractivity contribution in [3.63, 3.8) is 0 Å². The fourth-order valence-electron chi connectivity index (χ4n) is 2.64. The summed E-state index contributed by atoms with van der Waals surface area (Å²) in [4.78, 5) is 14.3. The van der Waals surface area contributed by atoms with E-state index in [1.54, 1.807) is 37.9 Å². The number of halogens is 1. The number of hydrogen-bond donors (Lipinski definition) is 0. The number of sulfonamides is 1. The van der Waals surface area contributed by atoms with Crippen molar-refractivity contribution in [2.24, 2.45) is 0 Å². The number of carbonyl (C=O) groups excluding carboxylic acids is 1. The zero-order valence-corrected chi connectivity index (χ0v) is 18.7. The first-order valence-corrected chi connectivity index (χ1v) is 11.3. The van der Waals surface area contributed by atoms with Gasteiger partial charge in [0.2, 0.25) is 10.0 Å². The van der Waals surface area contributed by atoms with Gasteiger partial charge in [0.15, 0.2) is 0 Å². The Morgan fingerprint density at radius 3 is 2.11 bits per heavy atom. The van der Waals surface area contributed by atoms with Crippen molar-refractivity contribution in [1.82, 2.24) is 9.21 Å². The highest BCUT2D eigenvalue weighted by molar-refractivity contribution is 9.10. The largest absolute Gasteiger partial charge is 0.492 e. The number of hydrogen-bond acceptors (Lipinski definition) is 4. The Balaban J connectivity index is 1.97. The molecule has 0 atom stereocenters. The Kier molecular flexibility index (Phi) is 8.03. The van der Waals surface area contributed by atoms with Gasteiger partial charge in [0.1, 0.15) is 12.4 Å². The first kappa shape index (κ1) is 22.4. The lowest BCUT2D eigenvalue weighted by Crippen LogP contribution is -2.31. The Morgan fingerprint density at radius 2 is 1.57 bits per heavy atom. The topological polar surface area (TPSA) is 66.9 Å². The fourth-order valence-corrected chi connectivity index (χ4v) is 4.36. The smallest absolute Gasteiger partial charge is 0.253 e. The SMILES string of the molecule is CCN(CC)S(=O)(=O)c1ccc(C(=O)N(C)CCOc2ccc(Br)cc2)cc1. The molecule has 6 nitrogen and oxygen atoms in total. The summed E-state index contributed by atoms with van der Waals surface area (Å²) in [5.74, 6) is 0.543. The first-order chi connectivity index (χ1) is 13.3. The summed E-state index contributed by atoms with van der Waals surface area (Å²) in [5.41, 5.74) is 0.435. The predicted molar refractivity (Wildman–Crippen MR) is 113 cm³/mol. The number of carbonyl (C=O) groups is 1. The van der Waals surface area contributed by atoms with Crippen molar-refractivity contribution in [2.45, 2.75) is 18.7 Å². The molecule has 0 aliphatic rings. The van der Waals surface area contributed by atoms with Crippen molar-refractivity contribution >= 4 is 31.9 Å². The summed E-state index contributed by atoms with van der Waals surface area (Å²) in [7, 11) is -1.84. The number of benzene rings is 2. The molecule has 152 valence electrons. The van der Waals surface area contributed by atoms with Gasteiger partial charge in [0.25, 0.3) is 5.91 Å². The fraction of sp³-hybridized carbons (Fsp3) is 0.350. The van der Waals surface area contributed by atoms with Crippen LogP contribution in [-0.2, 0) is 10.0 Å². The van der Waals surface area contributed by atoms with E-state index in [-0.39, 0.29) is 10.8 Å². The Hall–Kier alpha value is -1.90. The highest BCUT2D eigenvalue weighted by Gasteiger charge is 2.22. The molecule has 0 bridgehead atoms. The highest BCUT2D eigenvalue weighted by Crippen LogP contribution is 2.18. The van der Waals surface area contributed by atoms with Crippen LogP contribution < -0.4 is 4.74 Å². The van der Waals surface area contributed by atoms with Crippen LogP contribution in [-0.4, -0.2) is 56.8 Å². The molecule has 0 heterocycles. The molecular weight excluding hydrogens is 444 g/mol. The van der Waals surface area contributed by atoms with Gasteiger partial charge in [-0.1, -0.05) is 29.8 Å². The minimum Gasteiger partial charge on any atom is -0.492 e. The van der Waals surface area contributed by atoms with Crippen LogP contribution >= 0.6 is 15.9 Å². The molecule has 0 saturated carbocycles. The second-order valence-corrected chi connectivity index (χ2v) is 9.00. The number of likely N-dealkylation sites (N-methyl/N-ethyl adjacent to an activating group) is 1. The van der Waals surface area contributed by atoms with Crippen LogP contribution in [0.15, 0.2) is 57.9 Å². The molecule has 2 aromatic carbocycles. The van der Waals surface area contributed by atoms with Crippen LogP contribution in [0.25, 0.3) is 0 Å². The van der Waals surface area contributed by atoms with E-state index in [1.807, 2.05) is 24.3 Å². The third kappa shape index (κ3) is 5.56. The lowest BCUT2D eigenvalue weighted by atomic mass is 10.2. The third-order valence-electron chi connectivity index (χ3n) is 4.30. The molecule has 0 unspecified atom stereocenters. The van der Waals surface area contributed by atoms with Crippen molar-refractivity contribution in [3.05, 3.63) is 58.6 Å². The molecule has 0 aliphatic heterocycles. The summed E-state index contributed by atoms with van der Waals surface area (Å²) < 4.78 is 33.0. The van der Waals surface area contributed by atoms with E-state index in [0.29, 0.717) is 31.8 Å². The van der Waals surface area contributed by atoms with Crippen molar-refractivity contribution in [1.29, 1.82) is 0 Å². The molecule has 2 rings (SSSR count). The number of rotatable bonds is 9. The van der Waals surface area contributed by atoms with Crippen LogP contribution in [0, 0.1) is 0 Å². The van der Waals surface area contributed by atoms with E-state index in [9.17, 15) is 13.2 Å². The molecule has 2 aromatic rings. The van der Waals surface area contributed by atoms with E-state index in [1.165, 1.54) is 16.4 Å². The third-order valence-corrected chi connectivity index (χ3v) is 6.89. The molecule has 1 amide bonds. The molecule has 0 spiro atoms. The summed E-state index contributed by atoms with van der Waals surface area (Å²) >= 11 is 3.37. The number of nitrogens with zero attached hydrogens (tertiary/aromatic N) is 2. The quantitative estimate of drug-likeness (QED) is 0.563. The van der Waals surface area contributed by atoms with E-state index >= 15 is 0 Å². The van der Waals surface area contributed by atoms with Gasteiger partial charge < -0.3 is 9.64 Å². The average molecular weight is 469 g/mol. The molecule has 0 saturated heterocycles. The van der Waals surface area contributed by atoms with Gasteiger partial charge in [-0.15, -0.1) is 0 Å². The number of ether oxygens (including phenoxy) is 1. The summed E-state index contributed by atoms with van der Waals surface area (Å²) in [6.45, 7) is 5.17. The molecule has 0 N–H and O–H groups in total. The molecular formula is C20H25BrN2O4S. The molecule has 28 heavy (non-hydrogen) atoms. The lowest BCUT2D eigenvalue weighted by molar-refractivity contribution is 0.0773. The second kappa shape index (κ2) is 10.0. The van der Waals surface area contributed by atoms with E-state index in [2.05, 4.69) is 15.9 Å². The summed E-state index contributed by atoms with van der Waals surface area (Å²) in [6, 6.07) is 13.5. The maximum atomic E-state index is 12.5. The molecule has 8 heteroatoms. The highest BCUT2D eigenvalue weighted by atomic mass is 79.9. The summed E-state index contributed by atoms with van der Waals surface area (Å²) in [5, 5.41) is 0. The number of amides is 1. The van der Waals surface area contributed by atoms with Crippen LogP contribution in [0.4, 0.5) is 0 Å². The van der Waals surface area contributed by atoms with Crippen LogP contribution in [0.3, 0.4) is 0 Å². The zero-order valence-electron chi connectivity index (χ0n) is 16.3. The minimum atomic E-state index is -3.53. The maximum Gasteiger partial charge on any atom is 0.253 e. The van der Waals surface area contributed by atoms with Crippen molar-refractivity contribution in [3.8, 4) is 5.75 Å². The van der Waals surface area contributed by atoms with Gasteiger partial charge in [-0.2, -0.15) is 4.31 Å². The minimum absolute atomic E-state index is 0.189. The second-order valence-electron chi connectivity index (χ2n) is 6.14. The molecule has 0 aliphatic carbocycles. The van der Waals surface area contributed by atoms with Crippen LogP contribution in [0.5, 0.6) is 5.75 Å². The van der Waals surface area contributed by atoms with E-state index < -0.39 is 10.0 Å². The van der Waals surface area contributed by atoms with Gasteiger partial charge in [-0.05, 0) is 48.5 Å². The Bertz CT molecular complexity index is 879. The first-order valence-electron chi connectivity index (χ1n) is 9.03. The molecule has 0 fully saturated rings. The van der Waals surface area contributed by atoms with Crippen molar-refractivity contribution < 1.29 is 17.9 Å². The van der Waals surface area contributed by atoms with Gasteiger partial charge in [0, 0.05) is 30.2 Å². The van der Waals surface area contributed by atoms with E-state index in [4.69, 9.17) is 4.74 Å².